The molecular formula is C12H11NO. The Kier molecular flexibility index (Phi) is 2.29. The van der Waals surface area contributed by atoms with Gasteiger partial charge in [0.1, 0.15) is 6.29 Å². The van der Waals surface area contributed by atoms with Crippen LogP contribution in [0, 0.1) is 0 Å². The number of hydrogen-bond acceptors (Lipinski definition) is 2. The maximum absolute atomic E-state index is 10.5. The first kappa shape index (κ1) is 8.91. The van der Waals surface area contributed by atoms with Gasteiger partial charge in [-0.3, -0.25) is 0 Å². The Labute approximate surface area is 82.3 Å². The van der Waals surface area contributed by atoms with Gasteiger partial charge in [-0.1, -0.05) is 36.4 Å². The first-order valence-electron chi connectivity index (χ1n) is 4.51. The fraction of sp³-hybridized carbons (Fsp3) is 0.0833. The van der Waals surface area contributed by atoms with Crippen LogP contribution in [-0.2, 0) is 4.79 Å². The molecule has 0 amide bonds. The lowest BCUT2D eigenvalue weighted by atomic mass is 10.0. The molecular weight excluding hydrogens is 174 g/mol. The van der Waals surface area contributed by atoms with E-state index in [2.05, 4.69) is 0 Å². The fourth-order valence-electron chi connectivity index (χ4n) is 1.49. The van der Waals surface area contributed by atoms with Gasteiger partial charge in [-0.2, -0.15) is 0 Å². The van der Waals surface area contributed by atoms with Gasteiger partial charge in [0, 0.05) is 0 Å². The highest BCUT2D eigenvalue weighted by molar-refractivity contribution is 5.83. The largest absolute Gasteiger partial charge is 0.318 e. The minimum Gasteiger partial charge on any atom is -0.318 e. The van der Waals surface area contributed by atoms with Crippen LogP contribution >= 0.6 is 0 Å². The number of fused-ring (bicyclic) bond motifs is 1. The Morgan fingerprint density at radius 1 is 1.07 bits per heavy atom. The van der Waals surface area contributed by atoms with Gasteiger partial charge in [0.15, 0.2) is 0 Å². The van der Waals surface area contributed by atoms with Gasteiger partial charge < -0.3 is 10.5 Å². The molecule has 14 heavy (non-hydrogen) atoms. The fourth-order valence-corrected chi connectivity index (χ4v) is 1.49. The number of carbonyl (C=O) groups excluding carboxylic acids is 1. The van der Waals surface area contributed by atoms with Crippen LogP contribution in [0.2, 0.25) is 0 Å². The van der Waals surface area contributed by atoms with E-state index >= 15 is 0 Å². The SMILES string of the molecule is NC(C=O)c1ccc2ccccc2c1. The van der Waals surface area contributed by atoms with Crippen molar-refractivity contribution in [2.75, 3.05) is 0 Å². The third-order valence-electron chi connectivity index (χ3n) is 2.31. The molecule has 0 saturated heterocycles. The molecule has 0 aliphatic heterocycles. The van der Waals surface area contributed by atoms with Crippen LogP contribution in [0.15, 0.2) is 42.5 Å². The highest BCUT2D eigenvalue weighted by Gasteiger charge is 2.03. The molecule has 2 nitrogen and oxygen atoms in total. The Morgan fingerprint density at radius 2 is 1.79 bits per heavy atom. The normalized spacial score (nSPS) is 12.6. The Morgan fingerprint density at radius 3 is 2.50 bits per heavy atom. The highest BCUT2D eigenvalue weighted by Crippen LogP contribution is 2.18. The van der Waals surface area contributed by atoms with E-state index in [1.807, 2.05) is 42.5 Å². The molecule has 0 aliphatic carbocycles. The van der Waals surface area contributed by atoms with E-state index in [9.17, 15) is 4.79 Å². The zero-order valence-corrected chi connectivity index (χ0v) is 7.68. The number of benzene rings is 2. The van der Waals surface area contributed by atoms with Crippen LogP contribution < -0.4 is 5.73 Å². The lowest BCUT2D eigenvalue weighted by molar-refractivity contribution is -0.109. The summed E-state index contributed by atoms with van der Waals surface area (Å²) in [6, 6.07) is 13.3. The van der Waals surface area contributed by atoms with Crippen LogP contribution in [0.25, 0.3) is 10.8 Å². The smallest absolute Gasteiger partial charge is 0.141 e. The second kappa shape index (κ2) is 3.60. The van der Waals surface area contributed by atoms with Gasteiger partial charge in [0.05, 0.1) is 6.04 Å². The van der Waals surface area contributed by atoms with Crippen LogP contribution in [-0.4, -0.2) is 6.29 Å². The third-order valence-corrected chi connectivity index (χ3v) is 2.31. The van der Waals surface area contributed by atoms with E-state index in [-0.39, 0.29) is 0 Å². The maximum Gasteiger partial charge on any atom is 0.141 e. The predicted molar refractivity (Wildman–Crippen MR) is 56.9 cm³/mol. The Balaban J connectivity index is 2.56. The average Bonchev–Trinajstić information content (AvgIpc) is 2.27. The molecule has 70 valence electrons. The van der Waals surface area contributed by atoms with Crippen molar-refractivity contribution in [1.29, 1.82) is 0 Å². The van der Waals surface area contributed by atoms with Crippen molar-refractivity contribution in [1.82, 2.24) is 0 Å². The summed E-state index contributed by atoms with van der Waals surface area (Å²) >= 11 is 0. The molecule has 0 aliphatic rings. The Bertz CT molecular complexity index is 465. The van der Waals surface area contributed by atoms with Crippen molar-refractivity contribution < 1.29 is 4.79 Å². The minimum atomic E-state index is -0.514. The van der Waals surface area contributed by atoms with Gasteiger partial charge >= 0.3 is 0 Å². The molecule has 0 bridgehead atoms. The van der Waals surface area contributed by atoms with Crippen LogP contribution in [0.5, 0.6) is 0 Å². The number of rotatable bonds is 2. The van der Waals surface area contributed by atoms with Crippen molar-refractivity contribution >= 4 is 17.1 Å². The summed E-state index contributed by atoms with van der Waals surface area (Å²) in [6.45, 7) is 0. The summed E-state index contributed by atoms with van der Waals surface area (Å²) in [4.78, 5) is 10.5. The summed E-state index contributed by atoms with van der Waals surface area (Å²) in [7, 11) is 0. The lowest BCUT2D eigenvalue weighted by Crippen LogP contribution is -2.10. The second-order valence-electron chi connectivity index (χ2n) is 3.27. The summed E-state index contributed by atoms with van der Waals surface area (Å²) in [6.07, 6.45) is 0.754. The van der Waals surface area contributed by atoms with Gasteiger partial charge in [-0.25, -0.2) is 0 Å². The average molecular weight is 185 g/mol. The minimum absolute atomic E-state index is 0.514. The molecule has 2 aromatic rings. The monoisotopic (exact) mass is 185 g/mol. The zero-order valence-electron chi connectivity index (χ0n) is 7.68. The second-order valence-corrected chi connectivity index (χ2v) is 3.27. The molecule has 0 fully saturated rings. The molecule has 2 aromatic carbocycles. The van der Waals surface area contributed by atoms with Crippen molar-refractivity contribution in [2.45, 2.75) is 6.04 Å². The lowest BCUT2D eigenvalue weighted by Gasteiger charge is -2.05. The molecule has 2 rings (SSSR count). The standard InChI is InChI=1S/C12H11NO/c13-12(8-14)11-6-5-9-3-1-2-4-10(9)7-11/h1-8,12H,13H2. The van der Waals surface area contributed by atoms with E-state index in [0.717, 1.165) is 22.6 Å². The zero-order chi connectivity index (χ0) is 9.97. The molecule has 2 heteroatoms. The van der Waals surface area contributed by atoms with Gasteiger partial charge in [-0.15, -0.1) is 0 Å². The molecule has 2 N–H and O–H groups in total. The number of nitrogens with two attached hydrogens (primary N) is 1. The van der Waals surface area contributed by atoms with Gasteiger partial charge in [0.2, 0.25) is 0 Å². The molecule has 0 saturated carbocycles. The summed E-state index contributed by atoms with van der Waals surface area (Å²) < 4.78 is 0. The topological polar surface area (TPSA) is 43.1 Å². The summed E-state index contributed by atoms with van der Waals surface area (Å²) in [5.41, 5.74) is 6.48. The third kappa shape index (κ3) is 1.52. The van der Waals surface area contributed by atoms with Crippen molar-refractivity contribution in [3.05, 3.63) is 48.0 Å². The molecule has 1 unspecified atom stereocenters. The van der Waals surface area contributed by atoms with Crippen LogP contribution in [0.4, 0.5) is 0 Å². The van der Waals surface area contributed by atoms with Crippen molar-refractivity contribution in [3.63, 3.8) is 0 Å². The molecule has 0 radical (unpaired) electrons. The predicted octanol–water partition coefficient (Wildman–Crippen LogP) is 2.04. The molecule has 0 aromatic heterocycles. The molecule has 1 atom stereocenters. The van der Waals surface area contributed by atoms with E-state index < -0.39 is 6.04 Å². The quantitative estimate of drug-likeness (QED) is 0.727. The highest BCUT2D eigenvalue weighted by atomic mass is 16.1. The number of aldehydes is 1. The van der Waals surface area contributed by atoms with E-state index in [1.165, 1.54) is 0 Å². The first-order valence-corrected chi connectivity index (χ1v) is 4.51. The van der Waals surface area contributed by atoms with Crippen LogP contribution in [0.3, 0.4) is 0 Å². The van der Waals surface area contributed by atoms with E-state index in [1.54, 1.807) is 0 Å². The Hall–Kier alpha value is -1.67. The summed E-state index contributed by atoms with van der Waals surface area (Å²) in [5, 5.41) is 2.27. The van der Waals surface area contributed by atoms with Crippen molar-refractivity contribution in [2.24, 2.45) is 5.73 Å². The number of carbonyl (C=O) groups is 1. The molecule has 0 spiro atoms. The molecule has 0 heterocycles. The van der Waals surface area contributed by atoms with E-state index in [4.69, 9.17) is 5.73 Å². The van der Waals surface area contributed by atoms with Gasteiger partial charge in [0.25, 0.3) is 0 Å². The first-order chi connectivity index (χ1) is 6.81. The van der Waals surface area contributed by atoms with E-state index in [0.29, 0.717) is 0 Å². The van der Waals surface area contributed by atoms with Gasteiger partial charge in [-0.05, 0) is 22.4 Å². The number of hydrogen-bond donors (Lipinski definition) is 1. The van der Waals surface area contributed by atoms with Crippen molar-refractivity contribution in [3.8, 4) is 0 Å². The maximum atomic E-state index is 10.5. The van der Waals surface area contributed by atoms with Crippen LogP contribution in [0.1, 0.15) is 11.6 Å². The summed E-state index contributed by atoms with van der Waals surface area (Å²) in [5.74, 6) is 0.